The van der Waals surface area contributed by atoms with E-state index in [4.69, 9.17) is 5.73 Å². The highest BCUT2D eigenvalue weighted by Crippen LogP contribution is 2.33. The fourth-order valence-corrected chi connectivity index (χ4v) is 3.64. The molecular weight excluding hydrogens is 450 g/mol. The van der Waals surface area contributed by atoms with Crippen molar-refractivity contribution in [1.29, 1.82) is 0 Å². The predicted molar refractivity (Wildman–Crippen MR) is 107 cm³/mol. The molecule has 1 amide bonds. The lowest BCUT2D eigenvalue weighted by Gasteiger charge is -2.30. The second-order valence-corrected chi connectivity index (χ2v) is 6.76. The molecule has 0 radical (unpaired) electrons. The third-order valence-corrected chi connectivity index (χ3v) is 5.01. The Morgan fingerprint density at radius 1 is 1.38 bits per heavy atom. The van der Waals surface area contributed by atoms with E-state index in [1.54, 1.807) is 24.1 Å². The van der Waals surface area contributed by atoms with Gasteiger partial charge in [0.1, 0.15) is 0 Å². The summed E-state index contributed by atoms with van der Waals surface area (Å²) < 4.78 is 16.6. The van der Waals surface area contributed by atoms with Crippen molar-refractivity contribution in [2.45, 2.75) is 44.3 Å². The van der Waals surface area contributed by atoms with Crippen LogP contribution in [0, 0.1) is 5.82 Å². The minimum absolute atomic E-state index is 0. The van der Waals surface area contributed by atoms with E-state index < -0.39 is 5.82 Å². The number of amides is 1. The Balaban J connectivity index is 0.00000196. The number of aryl methyl sites for hydroxylation is 1. The van der Waals surface area contributed by atoms with Gasteiger partial charge < -0.3 is 16.4 Å². The molecule has 2 aromatic rings. The summed E-state index contributed by atoms with van der Waals surface area (Å²) in [6.45, 7) is 0.168. The normalized spacial score (nSPS) is 21.7. The first-order valence-electron chi connectivity index (χ1n) is 8.56. The Morgan fingerprint density at radius 3 is 2.85 bits per heavy atom. The molecule has 3 heterocycles. The summed E-state index contributed by atoms with van der Waals surface area (Å²) in [6, 6.07) is -0.0367. The summed E-state index contributed by atoms with van der Waals surface area (Å²) in [5.41, 5.74) is 7.96. The van der Waals surface area contributed by atoms with Crippen molar-refractivity contribution in [3.05, 3.63) is 29.3 Å². The van der Waals surface area contributed by atoms with E-state index in [0.717, 1.165) is 25.7 Å². The van der Waals surface area contributed by atoms with Crippen LogP contribution in [-0.2, 0) is 13.6 Å². The van der Waals surface area contributed by atoms with Gasteiger partial charge in [-0.25, -0.2) is 9.37 Å². The first kappa shape index (κ1) is 19.0. The van der Waals surface area contributed by atoms with E-state index in [1.807, 2.05) is 0 Å². The Bertz CT molecular complexity index is 839. The Kier molecular flexibility index (Phi) is 5.47. The van der Waals surface area contributed by atoms with Crippen LogP contribution in [0.1, 0.15) is 41.6 Å². The molecule has 2 atom stereocenters. The zero-order chi connectivity index (χ0) is 17.6. The van der Waals surface area contributed by atoms with Crippen molar-refractivity contribution in [3.8, 4) is 11.3 Å². The zero-order valence-electron chi connectivity index (χ0n) is 14.5. The van der Waals surface area contributed by atoms with Crippen LogP contribution in [0.3, 0.4) is 0 Å². The number of nitrogens with one attached hydrogen (secondary N) is 2. The number of fused-ring (bicyclic) bond motifs is 1. The molecule has 1 saturated carbocycles. The summed E-state index contributed by atoms with van der Waals surface area (Å²) in [5.74, 6) is -0.614. The quantitative estimate of drug-likeness (QED) is 0.595. The Morgan fingerprint density at radius 2 is 2.15 bits per heavy atom. The van der Waals surface area contributed by atoms with Crippen molar-refractivity contribution in [2.75, 3.05) is 5.32 Å². The van der Waals surface area contributed by atoms with E-state index >= 15 is 0 Å². The predicted octanol–water partition coefficient (Wildman–Crippen LogP) is 2.16. The second kappa shape index (κ2) is 7.47. The molecule has 1 fully saturated rings. The molecule has 1 aliphatic carbocycles. The first-order chi connectivity index (χ1) is 12.0. The molecule has 4 rings (SSSR count). The molecule has 1 aliphatic heterocycles. The molecule has 9 heteroatoms. The molecule has 0 unspecified atom stereocenters. The van der Waals surface area contributed by atoms with E-state index in [-0.39, 0.29) is 54.3 Å². The number of aromatic nitrogens is 3. The van der Waals surface area contributed by atoms with Crippen LogP contribution in [0.15, 0.2) is 12.4 Å². The Hall–Kier alpha value is -1.75. The summed E-state index contributed by atoms with van der Waals surface area (Å²) >= 11 is 0. The number of rotatable bonds is 3. The summed E-state index contributed by atoms with van der Waals surface area (Å²) in [6.07, 6.45) is 7.36. The number of carbonyl (C=O) groups is 1. The third kappa shape index (κ3) is 3.29. The lowest BCUT2D eigenvalue weighted by molar-refractivity contribution is 0.0966. The van der Waals surface area contributed by atoms with Crippen LogP contribution in [0.4, 0.5) is 10.2 Å². The molecule has 7 nitrogen and oxygen atoms in total. The van der Waals surface area contributed by atoms with Crippen molar-refractivity contribution < 1.29 is 9.18 Å². The number of halogens is 2. The molecule has 140 valence electrons. The van der Waals surface area contributed by atoms with Crippen LogP contribution in [0.2, 0.25) is 0 Å². The second-order valence-electron chi connectivity index (χ2n) is 6.76. The minimum Gasteiger partial charge on any atom is -0.363 e. The maximum Gasteiger partial charge on any atom is 0.254 e. The topological polar surface area (TPSA) is 97.9 Å². The van der Waals surface area contributed by atoms with Gasteiger partial charge in [0, 0.05) is 43.0 Å². The summed E-state index contributed by atoms with van der Waals surface area (Å²) in [4.78, 5) is 16.6. The highest BCUT2D eigenvalue weighted by molar-refractivity contribution is 14.0. The van der Waals surface area contributed by atoms with Crippen LogP contribution >= 0.6 is 24.0 Å². The van der Waals surface area contributed by atoms with E-state index in [2.05, 4.69) is 20.7 Å². The highest BCUT2D eigenvalue weighted by Gasteiger charge is 2.32. The molecule has 0 bridgehead atoms. The zero-order valence-corrected chi connectivity index (χ0v) is 16.8. The Labute approximate surface area is 167 Å². The first-order valence-corrected chi connectivity index (χ1v) is 8.56. The van der Waals surface area contributed by atoms with E-state index in [9.17, 15) is 9.18 Å². The molecular formula is C17H22FIN6O. The lowest BCUT2D eigenvalue weighted by atomic mass is 9.91. The van der Waals surface area contributed by atoms with Gasteiger partial charge in [-0.05, 0) is 12.8 Å². The number of hydrogen-bond acceptors (Lipinski definition) is 5. The third-order valence-electron chi connectivity index (χ3n) is 5.01. The van der Waals surface area contributed by atoms with Gasteiger partial charge in [0.15, 0.2) is 11.6 Å². The summed E-state index contributed by atoms with van der Waals surface area (Å²) in [7, 11) is 1.79. The standard InChI is InChI=1S/C17H21FN6O.HI/c1-24-8-9(6-21-24)15-13-10(7-20-17(13)25)14(18)16(23-15)22-12-5-3-2-4-11(12)19;/h6,8,11-12H,2-5,7,19H2,1H3,(H,20,25)(H,22,23);1H/t11-,12+;/m0./s1. The maximum absolute atomic E-state index is 15.0. The van der Waals surface area contributed by atoms with Gasteiger partial charge in [0.25, 0.3) is 5.91 Å². The van der Waals surface area contributed by atoms with Gasteiger partial charge in [-0.3, -0.25) is 9.48 Å². The largest absolute Gasteiger partial charge is 0.363 e. The lowest BCUT2D eigenvalue weighted by Crippen LogP contribution is -2.43. The molecule has 0 aromatic carbocycles. The van der Waals surface area contributed by atoms with Gasteiger partial charge in [0.2, 0.25) is 0 Å². The smallest absolute Gasteiger partial charge is 0.254 e. The number of pyridine rings is 1. The van der Waals surface area contributed by atoms with Crippen molar-refractivity contribution in [3.63, 3.8) is 0 Å². The molecule has 2 aliphatic rings. The van der Waals surface area contributed by atoms with Gasteiger partial charge in [-0.2, -0.15) is 5.10 Å². The van der Waals surface area contributed by atoms with Gasteiger partial charge in [-0.15, -0.1) is 24.0 Å². The monoisotopic (exact) mass is 472 g/mol. The van der Waals surface area contributed by atoms with Crippen LogP contribution in [0.25, 0.3) is 11.3 Å². The molecule has 26 heavy (non-hydrogen) atoms. The summed E-state index contributed by atoms with van der Waals surface area (Å²) in [5, 5.41) is 10.0. The van der Waals surface area contributed by atoms with Crippen molar-refractivity contribution in [1.82, 2.24) is 20.1 Å². The van der Waals surface area contributed by atoms with E-state index in [1.165, 1.54) is 0 Å². The molecule has 0 saturated heterocycles. The number of nitrogens with zero attached hydrogens (tertiary/aromatic N) is 3. The van der Waals surface area contributed by atoms with Gasteiger partial charge >= 0.3 is 0 Å². The van der Waals surface area contributed by atoms with Gasteiger partial charge in [0.05, 0.1) is 17.5 Å². The molecule has 4 N–H and O–H groups in total. The number of anilines is 1. The average Bonchev–Trinajstić information content (AvgIpc) is 3.19. The minimum atomic E-state index is -0.473. The van der Waals surface area contributed by atoms with Crippen LogP contribution < -0.4 is 16.4 Å². The number of nitrogens with two attached hydrogens (primary N) is 1. The maximum atomic E-state index is 15.0. The van der Waals surface area contributed by atoms with Crippen molar-refractivity contribution in [2.24, 2.45) is 12.8 Å². The molecule has 0 spiro atoms. The SMILES string of the molecule is Cn1cc(-c2nc(N[C@@H]3CCCC[C@@H]3N)c(F)c3c2C(=O)NC3)cn1.I. The fourth-order valence-electron chi connectivity index (χ4n) is 3.64. The van der Waals surface area contributed by atoms with E-state index in [0.29, 0.717) is 22.4 Å². The van der Waals surface area contributed by atoms with Crippen molar-refractivity contribution >= 4 is 35.7 Å². The average molecular weight is 472 g/mol. The van der Waals surface area contributed by atoms with Gasteiger partial charge in [-0.1, -0.05) is 12.8 Å². The van der Waals surface area contributed by atoms with Crippen LogP contribution in [-0.4, -0.2) is 32.8 Å². The number of hydrogen-bond donors (Lipinski definition) is 3. The highest BCUT2D eigenvalue weighted by atomic mass is 127. The fraction of sp³-hybridized carbons (Fsp3) is 0.471. The van der Waals surface area contributed by atoms with Crippen LogP contribution in [0.5, 0.6) is 0 Å². The number of carbonyl (C=O) groups excluding carboxylic acids is 1. The molecule has 2 aromatic heterocycles.